The van der Waals surface area contributed by atoms with Gasteiger partial charge >= 0.3 is 0 Å². The third-order valence-electron chi connectivity index (χ3n) is 3.46. The molecule has 0 amide bonds. The van der Waals surface area contributed by atoms with Gasteiger partial charge in [0.05, 0.1) is 12.2 Å². The summed E-state index contributed by atoms with van der Waals surface area (Å²) in [5.41, 5.74) is 0. The fourth-order valence-corrected chi connectivity index (χ4v) is 4.08. The van der Waals surface area contributed by atoms with E-state index >= 15 is 0 Å². The molecular weight excluding hydrogens is 266 g/mol. The van der Waals surface area contributed by atoms with E-state index < -0.39 is 16.1 Å². The molecule has 0 aliphatic carbocycles. The number of hydrogen-bond acceptors (Lipinski definition) is 4. The highest BCUT2D eigenvalue weighted by Gasteiger charge is 2.37. The van der Waals surface area contributed by atoms with Crippen molar-refractivity contribution in [2.24, 2.45) is 7.05 Å². The van der Waals surface area contributed by atoms with Crippen LogP contribution in [0.25, 0.3) is 0 Å². The van der Waals surface area contributed by atoms with Gasteiger partial charge in [0, 0.05) is 26.2 Å². The lowest BCUT2D eigenvalue weighted by Gasteiger charge is -2.33. The molecule has 0 saturated carbocycles. The van der Waals surface area contributed by atoms with Crippen LogP contribution in [-0.2, 0) is 21.9 Å². The minimum atomic E-state index is -3.62. The van der Waals surface area contributed by atoms with Gasteiger partial charge in [0.1, 0.15) is 4.90 Å². The monoisotopic (exact) mass is 285 g/mol. The lowest BCUT2D eigenvalue weighted by Crippen LogP contribution is -2.47. The lowest BCUT2D eigenvalue weighted by atomic mass is 10.00. The minimum Gasteiger partial charge on any atom is -0.298 e. The Morgan fingerprint density at radius 2 is 2.21 bits per heavy atom. The molecule has 2 rings (SSSR count). The van der Waals surface area contributed by atoms with Gasteiger partial charge in [-0.05, 0) is 12.8 Å². The maximum atomic E-state index is 12.6. The smallest absolute Gasteiger partial charge is 0.246 e. The largest absolute Gasteiger partial charge is 0.298 e. The molecule has 0 N–H and O–H groups in total. The first-order valence-corrected chi connectivity index (χ1v) is 7.94. The maximum absolute atomic E-state index is 12.6. The number of hydrogen-bond donors (Lipinski definition) is 0. The summed E-state index contributed by atoms with van der Waals surface area (Å²) < 4.78 is 27.9. The number of rotatable bonds is 4. The Bertz CT molecular complexity index is 565. The Kier molecular flexibility index (Phi) is 4.05. The van der Waals surface area contributed by atoms with E-state index in [4.69, 9.17) is 0 Å². The summed E-state index contributed by atoms with van der Waals surface area (Å²) in [4.78, 5) is 12.1. The molecule has 1 aromatic heterocycles. The van der Waals surface area contributed by atoms with Crippen LogP contribution in [0.3, 0.4) is 0 Å². The molecule has 1 aromatic rings. The zero-order chi connectivity index (χ0) is 14.0. The first kappa shape index (κ1) is 14.2. The number of piperidine rings is 1. The molecule has 106 valence electrons. The number of nitrogens with zero attached hydrogens (tertiary/aromatic N) is 3. The van der Waals surface area contributed by atoms with E-state index in [1.54, 1.807) is 14.0 Å². The molecule has 7 heteroatoms. The molecule has 0 bridgehead atoms. The molecule has 0 aromatic carbocycles. The Labute approximate surface area is 113 Å². The van der Waals surface area contributed by atoms with E-state index in [1.807, 2.05) is 0 Å². The fourth-order valence-electron chi connectivity index (χ4n) is 2.42. The van der Waals surface area contributed by atoms with Crippen molar-refractivity contribution >= 4 is 15.8 Å². The first-order valence-electron chi connectivity index (χ1n) is 6.50. The molecule has 0 spiro atoms. The molecule has 19 heavy (non-hydrogen) atoms. The predicted molar refractivity (Wildman–Crippen MR) is 70.0 cm³/mol. The first-order chi connectivity index (χ1) is 8.96. The lowest BCUT2D eigenvalue weighted by molar-refractivity contribution is -0.123. The fraction of sp³-hybridized carbons (Fsp3) is 0.667. The molecule has 1 atom stereocenters. The molecule has 1 aliphatic rings. The number of carbonyl (C=O) groups excluding carboxylic acids is 1. The van der Waals surface area contributed by atoms with Crippen LogP contribution in [0.1, 0.15) is 32.6 Å². The maximum Gasteiger partial charge on any atom is 0.246 e. The Hall–Kier alpha value is -1.21. The summed E-state index contributed by atoms with van der Waals surface area (Å²) in [6.07, 6.45) is 5.48. The summed E-state index contributed by atoms with van der Waals surface area (Å²) >= 11 is 0. The second-order valence-electron chi connectivity index (χ2n) is 4.80. The van der Waals surface area contributed by atoms with E-state index in [-0.39, 0.29) is 10.7 Å². The number of Topliss-reactive ketones (excluding diaryl/α,β-unsaturated/α-hetero) is 1. The molecule has 1 fully saturated rings. The van der Waals surface area contributed by atoms with E-state index in [0.717, 1.165) is 12.8 Å². The van der Waals surface area contributed by atoms with Crippen molar-refractivity contribution in [3.8, 4) is 0 Å². The topological polar surface area (TPSA) is 72.3 Å². The number of aryl methyl sites for hydroxylation is 1. The molecule has 0 radical (unpaired) electrons. The highest BCUT2D eigenvalue weighted by molar-refractivity contribution is 7.89. The van der Waals surface area contributed by atoms with Crippen LogP contribution in [0.2, 0.25) is 0 Å². The number of sulfonamides is 1. The van der Waals surface area contributed by atoms with Crippen molar-refractivity contribution in [1.29, 1.82) is 0 Å². The van der Waals surface area contributed by atoms with Gasteiger partial charge < -0.3 is 0 Å². The Balaban J connectivity index is 2.34. The SMILES string of the molecule is CCC(=O)C1CCCCN1S(=O)(=O)c1cnn(C)c1. The molecule has 6 nitrogen and oxygen atoms in total. The van der Waals surface area contributed by atoms with Crippen LogP contribution in [-0.4, -0.2) is 40.9 Å². The third kappa shape index (κ3) is 2.71. The third-order valence-corrected chi connectivity index (χ3v) is 5.32. The van der Waals surface area contributed by atoms with Crippen molar-refractivity contribution in [1.82, 2.24) is 14.1 Å². The minimum absolute atomic E-state index is 0.00725. The second-order valence-corrected chi connectivity index (χ2v) is 6.69. The van der Waals surface area contributed by atoms with Crippen molar-refractivity contribution < 1.29 is 13.2 Å². The normalized spacial score (nSPS) is 21.5. The van der Waals surface area contributed by atoms with Crippen molar-refractivity contribution in [2.75, 3.05) is 6.54 Å². The van der Waals surface area contributed by atoms with Gasteiger partial charge in [-0.25, -0.2) is 8.42 Å². The van der Waals surface area contributed by atoms with Crippen LogP contribution in [0.5, 0.6) is 0 Å². The molecular formula is C12H19N3O3S. The van der Waals surface area contributed by atoms with Crippen molar-refractivity contribution in [3.05, 3.63) is 12.4 Å². The quantitative estimate of drug-likeness (QED) is 0.825. The van der Waals surface area contributed by atoms with Gasteiger partial charge in [0.25, 0.3) is 0 Å². The molecule has 2 heterocycles. The molecule has 1 unspecified atom stereocenters. The summed E-state index contributed by atoms with van der Waals surface area (Å²) in [6, 6.07) is -0.510. The van der Waals surface area contributed by atoms with Crippen molar-refractivity contribution in [2.45, 2.75) is 43.5 Å². The summed E-state index contributed by atoms with van der Waals surface area (Å²) in [7, 11) is -1.95. The van der Waals surface area contributed by atoms with Crippen LogP contribution >= 0.6 is 0 Å². The highest BCUT2D eigenvalue weighted by atomic mass is 32.2. The second kappa shape index (κ2) is 5.42. The van der Waals surface area contributed by atoms with Gasteiger partial charge in [-0.1, -0.05) is 13.3 Å². The molecule has 1 saturated heterocycles. The van der Waals surface area contributed by atoms with Gasteiger partial charge in [-0.2, -0.15) is 9.40 Å². The average molecular weight is 285 g/mol. The van der Waals surface area contributed by atoms with Gasteiger partial charge in [0.15, 0.2) is 5.78 Å². The van der Waals surface area contributed by atoms with E-state index in [0.29, 0.717) is 19.4 Å². The zero-order valence-corrected chi connectivity index (χ0v) is 12.1. The molecule has 1 aliphatic heterocycles. The van der Waals surface area contributed by atoms with E-state index in [2.05, 4.69) is 5.10 Å². The van der Waals surface area contributed by atoms with Gasteiger partial charge in [-0.15, -0.1) is 0 Å². The number of carbonyl (C=O) groups is 1. The van der Waals surface area contributed by atoms with Gasteiger partial charge in [-0.3, -0.25) is 9.48 Å². The van der Waals surface area contributed by atoms with Crippen LogP contribution < -0.4 is 0 Å². The standard InChI is InChI=1S/C12H19N3O3S/c1-3-12(16)11-6-4-5-7-15(11)19(17,18)10-8-13-14(2)9-10/h8-9,11H,3-7H2,1-2H3. The van der Waals surface area contributed by atoms with E-state index in [9.17, 15) is 13.2 Å². The predicted octanol–water partition coefficient (Wildman–Crippen LogP) is 0.942. The van der Waals surface area contributed by atoms with Crippen LogP contribution in [0, 0.1) is 0 Å². The number of aromatic nitrogens is 2. The number of ketones is 1. The summed E-state index contributed by atoms with van der Waals surface area (Å²) in [5.74, 6) is -0.00725. The summed E-state index contributed by atoms with van der Waals surface area (Å²) in [5, 5.41) is 3.89. The van der Waals surface area contributed by atoms with E-state index in [1.165, 1.54) is 21.4 Å². The Morgan fingerprint density at radius 3 is 2.79 bits per heavy atom. The highest BCUT2D eigenvalue weighted by Crippen LogP contribution is 2.26. The van der Waals surface area contributed by atoms with Crippen molar-refractivity contribution in [3.63, 3.8) is 0 Å². The van der Waals surface area contributed by atoms with Crippen LogP contribution in [0.15, 0.2) is 17.3 Å². The zero-order valence-electron chi connectivity index (χ0n) is 11.2. The van der Waals surface area contributed by atoms with Gasteiger partial charge in [0.2, 0.25) is 10.0 Å². The average Bonchev–Trinajstić information content (AvgIpc) is 2.85. The summed E-state index contributed by atoms with van der Waals surface area (Å²) in [6.45, 7) is 2.18. The van der Waals surface area contributed by atoms with Crippen LogP contribution in [0.4, 0.5) is 0 Å². The Morgan fingerprint density at radius 1 is 1.47 bits per heavy atom.